The van der Waals surface area contributed by atoms with Crippen LogP contribution < -0.4 is 5.32 Å². The van der Waals surface area contributed by atoms with E-state index >= 15 is 0 Å². The van der Waals surface area contributed by atoms with E-state index in [1.807, 2.05) is 36.5 Å². The maximum atomic E-state index is 5.89. The number of rotatable bonds is 5. The van der Waals surface area contributed by atoms with Crippen LogP contribution in [-0.2, 0) is 6.54 Å². The second-order valence-corrected chi connectivity index (χ2v) is 5.19. The molecule has 0 bridgehead atoms. The molecule has 1 aliphatic rings. The fourth-order valence-electron chi connectivity index (χ4n) is 2.74. The van der Waals surface area contributed by atoms with Crippen LogP contribution in [0, 0.1) is 0 Å². The molecule has 1 fully saturated rings. The Balaban J connectivity index is 1.70. The maximum absolute atomic E-state index is 5.89. The van der Waals surface area contributed by atoms with Crippen LogP contribution in [-0.4, -0.2) is 35.6 Å². The normalized spacial score (nSPS) is 18.8. The van der Waals surface area contributed by atoms with Crippen molar-refractivity contribution in [2.45, 2.75) is 25.9 Å². The molecule has 0 saturated carbocycles. The Morgan fingerprint density at radius 1 is 1.35 bits per heavy atom. The SMILES string of the molecule is CCN(Cc1ncc(-c2ccccc2)o1)C1CCNC1. The minimum Gasteiger partial charge on any atom is -0.439 e. The van der Waals surface area contributed by atoms with E-state index < -0.39 is 0 Å². The monoisotopic (exact) mass is 271 g/mol. The third-order valence-electron chi connectivity index (χ3n) is 3.91. The summed E-state index contributed by atoms with van der Waals surface area (Å²) in [5, 5.41) is 3.41. The van der Waals surface area contributed by atoms with Gasteiger partial charge in [0, 0.05) is 18.2 Å². The van der Waals surface area contributed by atoms with Gasteiger partial charge in [0.2, 0.25) is 5.89 Å². The first-order valence-corrected chi connectivity index (χ1v) is 7.31. The molecule has 4 heteroatoms. The summed E-state index contributed by atoms with van der Waals surface area (Å²) >= 11 is 0. The molecular weight excluding hydrogens is 250 g/mol. The Morgan fingerprint density at radius 3 is 2.90 bits per heavy atom. The Hall–Kier alpha value is -1.65. The first-order valence-electron chi connectivity index (χ1n) is 7.31. The predicted octanol–water partition coefficient (Wildman–Crippen LogP) is 2.53. The Bertz CT molecular complexity index is 532. The fraction of sp³-hybridized carbons (Fsp3) is 0.438. The van der Waals surface area contributed by atoms with Gasteiger partial charge in [-0.1, -0.05) is 37.3 Å². The van der Waals surface area contributed by atoms with E-state index in [0.29, 0.717) is 6.04 Å². The average molecular weight is 271 g/mol. The van der Waals surface area contributed by atoms with E-state index in [-0.39, 0.29) is 0 Å². The molecule has 0 spiro atoms. The molecule has 2 heterocycles. The molecule has 1 saturated heterocycles. The van der Waals surface area contributed by atoms with Crippen molar-refractivity contribution in [1.29, 1.82) is 0 Å². The lowest BCUT2D eigenvalue weighted by Crippen LogP contribution is -2.36. The lowest BCUT2D eigenvalue weighted by Gasteiger charge is -2.25. The molecule has 1 N–H and O–H groups in total. The van der Waals surface area contributed by atoms with Crippen molar-refractivity contribution in [3.63, 3.8) is 0 Å². The molecule has 1 aromatic heterocycles. The molecule has 106 valence electrons. The summed E-state index contributed by atoms with van der Waals surface area (Å²) in [7, 11) is 0. The minimum absolute atomic E-state index is 0.604. The number of nitrogens with one attached hydrogen (secondary N) is 1. The number of oxazole rings is 1. The lowest BCUT2D eigenvalue weighted by atomic mass is 10.2. The molecule has 1 aromatic carbocycles. The molecular formula is C16H21N3O. The van der Waals surface area contributed by atoms with Crippen molar-refractivity contribution >= 4 is 0 Å². The topological polar surface area (TPSA) is 41.3 Å². The Labute approximate surface area is 119 Å². The van der Waals surface area contributed by atoms with Crippen LogP contribution in [0.25, 0.3) is 11.3 Å². The van der Waals surface area contributed by atoms with Gasteiger partial charge in [0.1, 0.15) is 0 Å². The predicted molar refractivity (Wildman–Crippen MR) is 79.3 cm³/mol. The number of hydrogen-bond donors (Lipinski definition) is 1. The van der Waals surface area contributed by atoms with Crippen molar-refractivity contribution in [3.8, 4) is 11.3 Å². The summed E-state index contributed by atoms with van der Waals surface area (Å²) < 4.78 is 5.89. The molecule has 3 rings (SSSR count). The van der Waals surface area contributed by atoms with Crippen molar-refractivity contribution in [2.75, 3.05) is 19.6 Å². The van der Waals surface area contributed by atoms with E-state index in [2.05, 4.69) is 22.1 Å². The average Bonchev–Trinajstić information content (AvgIpc) is 3.17. The van der Waals surface area contributed by atoms with Gasteiger partial charge < -0.3 is 9.73 Å². The molecule has 4 nitrogen and oxygen atoms in total. The zero-order valence-electron chi connectivity index (χ0n) is 11.9. The molecule has 1 atom stereocenters. The van der Waals surface area contributed by atoms with E-state index in [1.54, 1.807) is 0 Å². The highest BCUT2D eigenvalue weighted by Crippen LogP contribution is 2.21. The van der Waals surface area contributed by atoms with Crippen molar-refractivity contribution in [3.05, 3.63) is 42.4 Å². The largest absolute Gasteiger partial charge is 0.439 e. The second-order valence-electron chi connectivity index (χ2n) is 5.19. The van der Waals surface area contributed by atoms with Gasteiger partial charge in [-0.2, -0.15) is 0 Å². The van der Waals surface area contributed by atoms with Crippen LogP contribution in [0.2, 0.25) is 0 Å². The molecule has 0 aliphatic carbocycles. The number of nitrogens with zero attached hydrogens (tertiary/aromatic N) is 2. The van der Waals surface area contributed by atoms with Crippen molar-refractivity contribution < 1.29 is 4.42 Å². The summed E-state index contributed by atoms with van der Waals surface area (Å²) in [4.78, 5) is 6.85. The number of aromatic nitrogens is 1. The summed E-state index contributed by atoms with van der Waals surface area (Å²) in [6, 6.07) is 10.7. The van der Waals surface area contributed by atoms with E-state index in [9.17, 15) is 0 Å². The first kappa shape index (κ1) is 13.3. The van der Waals surface area contributed by atoms with Gasteiger partial charge in [-0.05, 0) is 19.5 Å². The van der Waals surface area contributed by atoms with Gasteiger partial charge in [-0.25, -0.2) is 4.98 Å². The zero-order chi connectivity index (χ0) is 13.8. The first-order chi connectivity index (χ1) is 9.86. The van der Waals surface area contributed by atoms with Crippen LogP contribution in [0.5, 0.6) is 0 Å². The van der Waals surface area contributed by atoms with Crippen LogP contribution in [0.3, 0.4) is 0 Å². The van der Waals surface area contributed by atoms with Gasteiger partial charge in [0.25, 0.3) is 0 Å². The van der Waals surface area contributed by atoms with E-state index in [4.69, 9.17) is 4.42 Å². The maximum Gasteiger partial charge on any atom is 0.209 e. The van der Waals surface area contributed by atoms with Crippen LogP contribution in [0.4, 0.5) is 0 Å². The van der Waals surface area contributed by atoms with Crippen LogP contribution in [0.15, 0.2) is 40.9 Å². The summed E-state index contributed by atoms with van der Waals surface area (Å²) in [5.41, 5.74) is 1.08. The smallest absolute Gasteiger partial charge is 0.209 e. The number of benzene rings is 1. The Morgan fingerprint density at radius 2 is 2.20 bits per heavy atom. The van der Waals surface area contributed by atoms with E-state index in [0.717, 1.165) is 43.4 Å². The standard InChI is InChI=1S/C16H21N3O/c1-2-19(14-8-9-17-10-14)12-16-18-11-15(20-16)13-6-4-3-5-7-13/h3-7,11,14,17H,2,8-10,12H2,1H3. The summed E-state index contributed by atoms with van der Waals surface area (Å²) in [5.74, 6) is 1.65. The number of likely N-dealkylation sites (N-methyl/N-ethyl adjacent to an activating group) is 1. The van der Waals surface area contributed by atoms with E-state index in [1.165, 1.54) is 6.42 Å². The highest BCUT2D eigenvalue weighted by atomic mass is 16.4. The Kier molecular flexibility index (Phi) is 4.14. The summed E-state index contributed by atoms with van der Waals surface area (Å²) in [6.45, 7) is 6.19. The van der Waals surface area contributed by atoms with Gasteiger partial charge in [0.05, 0.1) is 12.7 Å². The second kappa shape index (κ2) is 6.20. The quantitative estimate of drug-likeness (QED) is 0.907. The molecule has 0 amide bonds. The fourth-order valence-corrected chi connectivity index (χ4v) is 2.74. The number of hydrogen-bond acceptors (Lipinski definition) is 4. The highest BCUT2D eigenvalue weighted by Gasteiger charge is 2.22. The minimum atomic E-state index is 0.604. The highest BCUT2D eigenvalue weighted by molar-refractivity contribution is 5.55. The lowest BCUT2D eigenvalue weighted by molar-refractivity contribution is 0.191. The van der Waals surface area contributed by atoms with Crippen molar-refractivity contribution in [2.24, 2.45) is 0 Å². The van der Waals surface area contributed by atoms with Gasteiger partial charge in [-0.15, -0.1) is 0 Å². The van der Waals surface area contributed by atoms with Crippen LogP contribution in [0.1, 0.15) is 19.2 Å². The van der Waals surface area contributed by atoms with Crippen molar-refractivity contribution in [1.82, 2.24) is 15.2 Å². The molecule has 1 unspecified atom stereocenters. The zero-order valence-corrected chi connectivity index (χ0v) is 11.9. The third-order valence-corrected chi connectivity index (χ3v) is 3.91. The third kappa shape index (κ3) is 2.92. The summed E-state index contributed by atoms with van der Waals surface area (Å²) in [6.07, 6.45) is 3.03. The van der Waals surface area contributed by atoms with Gasteiger partial charge >= 0.3 is 0 Å². The van der Waals surface area contributed by atoms with Crippen LogP contribution >= 0.6 is 0 Å². The van der Waals surface area contributed by atoms with Gasteiger partial charge in [-0.3, -0.25) is 4.90 Å². The molecule has 0 radical (unpaired) electrons. The molecule has 20 heavy (non-hydrogen) atoms. The molecule has 2 aromatic rings. The van der Waals surface area contributed by atoms with Gasteiger partial charge in [0.15, 0.2) is 5.76 Å². The molecule has 1 aliphatic heterocycles.